The summed E-state index contributed by atoms with van der Waals surface area (Å²) in [6, 6.07) is 5.76. The molecule has 1 aliphatic rings. The second-order valence-corrected chi connectivity index (χ2v) is 4.03. The molecule has 5 nitrogen and oxygen atoms in total. The Morgan fingerprint density at radius 3 is 2.94 bits per heavy atom. The van der Waals surface area contributed by atoms with E-state index in [1.807, 2.05) is 25.1 Å². The van der Waals surface area contributed by atoms with Crippen molar-refractivity contribution in [3.8, 4) is 0 Å². The molecule has 2 rings (SSSR count). The van der Waals surface area contributed by atoms with Crippen LogP contribution in [-0.4, -0.2) is 40.9 Å². The van der Waals surface area contributed by atoms with Gasteiger partial charge in [0.25, 0.3) is 0 Å². The SMILES string of the molecule is Cc1ccc2c(c1)NC(O)N2CC(O)CO. The van der Waals surface area contributed by atoms with E-state index in [1.54, 1.807) is 4.90 Å². The van der Waals surface area contributed by atoms with E-state index in [4.69, 9.17) is 5.11 Å². The van der Waals surface area contributed by atoms with Gasteiger partial charge in [-0.1, -0.05) is 6.07 Å². The molecule has 0 saturated carbocycles. The Kier molecular flexibility index (Phi) is 3.00. The Bertz CT molecular complexity index is 383. The topological polar surface area (TPSA) is 76.0 Å². The number of rotatable bonds is 3. The smallest absolute Gasteiger partial charge is 0.205 e. The minimum absolute atomic E-state index is 0.195. The highest BCUT2D eigenvalue weighted by Gasteiger charge is 2.28. The van der Waals surface area contributed by atoms with E-state index < -0.39 is 12.5 Å². The molecule has 0 bridgehead atoms. The molecule has 1 heterocycles. The Hall–Kier alpha value is -1.30. The summed E-state index contributed by atoms with van der Waals surface area (Å²) in [6.45, 7) is 1.85. The van der Waals surface area contributed by atoms with E-state index >= 15 is 0 Å². The number of aliphatic hydroxyl groups is 3. The number of β-amino-alcohol motifs (C(OH)–C–C–N with tert-alkyl or cyclic N) is 1. The maximum absolute atomic E-state index is 9.77. The number of hydrogen-bond donors (Lipinski definition) is 4. The molecule has 88 valence electrons. The lowest BCUT2D eigenvalue weighted by molar-refractivity contribution is 0.0894. The van der Waals surface area contributed by atoms with Gasteiger partial charge in [-0.05, 0) is 24.6 Å². The number of nitrogens with zero attached hydrogens (tertiary/aromatic N) is 1. The zero-order valence-corrected chi connectivity index (χ0v) is 9.09. The molecule has 4 N–H and O–H groups in total. The van der Waals surface area contributed by atoms with Gasteiger partial charge < -0.3 is 25.5 Å². The predicted molar refractivity (Wildman–Crippen MR) is 61.2 cm³/mol. The summed E-state index contributed by atoms with van der Waals surface area (Å²) >= 11 is 0. The average Bonchev–Trinajstić information content (AvgIpc) is 2.54. The number of aryl methyl sites for hydroxylation is 1. The molecule has 0 fully saturated rings. The Labute approximate surface area is 93.9 Å². The number of hydrogen-bond acceptors (Lipinski definition) is 5. The molecule has 0 amide bonds. The van der Waals surface area contributed by atoms with Crippen LogP contribution in [0.2, 0.25) is 0 Å². The van der Waals surface area contributed by atoms with Crippen molar-refractivity contribution in [2.45, 2.75) is 19.4 Å². The van der Waals surface area contributed by atoms with Crippen LogP contribution in [0, 0.1) is 6.92 Å². The van der Waals surface area contributed by atoms with Crippen molar-refractivity contribution < 1.29 is 15.3 Å². The maximum atomic E-state index is 9.77. The van der Waals surface area contributed by atoms with Crippen LogP contribution in [0.25, 0.3) is 0 Å². The van der Waals surface area contributed by atoms with Gasteiger partial charge in [0.05, 0.1) is 30.6 Å². The molecule has 5 heteroatoms. The lowest BCUT2D eigenvalue weighted by Crippen LogP contribution is -2.41. The van der Waals surface area contributed by atoms with Crippen LogP contribution in [0.15, 0.2) is 18.2 Å². The van der Waals surface area contributed by atoms with Crippen molar-refractivity contribution >= 4 is 11.4 Å². The second kappa shape index (κ2) is 4.29. The van der Waals surface area contributed by atoms with Crippen molar-refractivity contribution in [1.29, 1.82) is 0 Å². The fraction of sp³-hybridized carbons (Fsp3) is 0.455. The molecular formula is C11H16N2O3. The summed E-state index contributed by atoms with van der Waals surface area (Å²) in [5.41, 5.74) is 2.78. The Morgan fingerprint density at radius 1 is 1.50 bits per heavy atom. The summed E-state index contributed by atoms with van der Waals surface area (Å²) in [4.78, 5) is 1.62. The van der Waals surface area contributed by atoms with Gasteiger partial charge in [-0.15, -0.1) is 0 Å². The van der Waals surface area contributed by atoms with Gasteiger partial charge in [0, 0.05) is 0 Å². The minimum atomic E-state index is -0.858. The normalized spacial score (nSPS) is 20.5. The summed E-state index contributed by atoms with van der Waals surface area (Å²) in [6.07, 6.45) is -1.71. The van der Waals surface area contributed by atoms with Gasteiger partial charge in [0.15, 0.2) is 0 Å². The van der Waals surface area contributed by atoms with Gasteiger partial charge in [0.1, 0.15) is 0 Å². The summed E-state index contributed by atoms with van der Waals surface area (Å²) < 4.78 is 0. The van der Waals surface area contributed by atoms with E-state index in [9.17, 15) is 10.2 Å². The number of aliphatic hydroxyl groups excluding tert-OH is 3. The first-order chi connectivity index (χ1) is 7.61. The molecule has 0 aliphatic carbocycles. The predicted octanol–water partition coefficient (Wildman–Crippen LogP) is -0.144. The van der Waals surface area contributed by atoms with Gasteiger partial charge >= 0.3 is 0 Å². The summed E-state index contributed by atoms with van der Waals surface area (Å²) in [7, 11) is 0. The molecule has 1 aliphatic heterocycles. The van der Waals surface area contributed by atoms with Crippen molar-refractivity contribution in [3.05, 3.63) is 23.8 Å². The lowest BCUT2D eigenvalue weighted by Gasteiger charge is -2.24. The average molecular weight is 224 g/mol. The third kappa shape index (κ3) is 1.97. The van der Waals surface area contributed by atoms with Gasteiger partial charge in [-0.25, -0.2) is 0 Å². The van der Waals surface area contributed by atoms with Crippen LogP contribution in [0.5, 0.6) is 0 Å². The monoisotopic (exact) mass is 224 g/mol. The van der Waals surface area contributed by atoms with Crippen molar-refractivity contribution in [3.63, 3.8) is 0 Å². The fourth-order valence-electron chi connectivity index (χ4n) is 1.85. The van der Waals surface area contributed by atoms with Crippen LogP contribution >= 0.6 is 0 Å². The quantitative estimate of drug-likeness (QED) is 0.575. The van der Waals surface area contributed by atoms with Crippen LogP contribution in [0.3, 0.4) is 0 Å². The molecule has 1 aromatic rings. The van der Waals surface area contributed by atoms with Crippen molar-refractivity contribution in [2.24, 2.45) is 0 Å². The molecule has 0 spiro atoms. The molecular weight excluding hydrogens is 208 g/mol. The summed E-state index contributed by atoms with van der Waals surface area (Å²) in [5.74, 6) is 0. The van der Waals surface area contributed by atoms with Crippen LogP contribution in [0.1, 0.15) is 5.56 Å². The number of benzene rings is 1. The van der Waals surface area contributed by atoms with Gasteiger partial charge in [-0.2, -0.15) is 0 Å². The number of anilines is 2. The fourth-order valence-corrected chi connectivity index (χ4v) is 1.85. The lowest BCUT2D eigenvalue weighted by atomic mass is 10.2. The first kappa shape index (κ1) is 11.2. The summed E-state index contributed by atoms with van der Waals surface area (Å²) in [5, 5.41) is 30.9. The minimum Gasteiger partial charge on any atom is -0.394 e. The van der Waals surface area contributed by atoms with E-state index in [0.29, 0.717) is 0 Å². The van der Waals surface area contributed by atoms with Gasteiger partial charge in [-0.3, -0.25) is 0 Å². The highest BCUT2D eigenvalue weighted by atomic mass is 16.3. The first-order valence-corrected chi connectivity index (χ1v) is 5.22. The largest absolute Gasteiger partial charge is 0.394 e. The van der Waals surface area contributed by atoms with Crippen LogP contribution < -0.4 is 10.2 Å². The van der Waals surface area contributed by atoms with E-state index in [2.05, 4.69) is 5.32 Å². The van der Waals surface area contributed by atoms with Crippen LogP contribution in [0.4, 0.5) is 11.4 Å². The molecule has 1 aromatic carbocycles. The third-order valence-corrected chi connectivity index (χ3v) is 2.66. The Morgan fingerprint density at radius 2 is 2.25 bits per heavy atom. The molecule has 0 radical (unpaired) electrons. The highest BCUT2D eigenvalue weighted by Crippen LogP contribution is 2.34. The van der Waals surface area contributed by atoms with E-state index in [-0.39, 0.29) is 13.2 Å². The number of nitrogens with one attached hydrogen (secondary N) is 1. The number of fused-ring (bicyclic) bond motifs is 1. The zero-order chi connectivity index (χ0) is 11.7. The first-order valence-electron chi connectivity index (χ1n) is 5.22. The molecule has 0 saturated heterocycles. The molecule has 2 unspecified atom stereocenters. The Balaban J connectivity index is 2.22. The van der Waals surface area contributed by atoms with E-state index in [0.717, 1.165) is 16.9 Å². The highest BCUT2D eigenvalue weighted by molar-refractivity contribution is 5.76. The second-order valence-electron chi connectivity index (χ2n) is 4.03. The zero-order valence-electron chi connectivity index (χ0n) is 9.09. The van der Waals surface area contributed by atoms with E-state index in [1.165, 1.54) is 0 Å². The van der Waals surface area contributed by atoms with Crippen molar-refractivity contribution in [2.75, 3.05) is 23.4 Å². The van der Waals surface area contributed by atoms with Crippen molar-refractivity contribution in [1.82, 2.24) is 0 Å². The maximum Gasteiger partial charge on any atom is 0.205 e. The van der Waals surface area contributed by atoms with Gasteiger partial charge in [0.2, 0.25) is 6.35 Å². The van der Waals surface area contributed by atoms with Crippen LogP contribution in [-0.2, 0) is 0 Å². The standard InChI is InChI=1S/C11H16N2O3/c1-7-2-3-10-9(4-7)12-11(16)13(10)5-8(15)6-14/h2-4,8,11-12,14-16H,5-6H2,1H3. The molecule has 0 aromatic heterocycles. The third-order valence-electron chi connectivity index (χ3n) is 2.66. The molecule has 2 atom stereocenters. The molecule has 16 heavy (non-hydrogen) atoms.